The summed E-state index contributed by atoms with van der Waals surface area (Å²) in [6, 6.07) is 0.454. The highest BCUT2D eigenvalue weighted by atomic mass is 16.1. The maximum atomic E-state index is 11.1. The average molecular weight is 222 g/mol. The second-order valence-corrected chi connectivity index (χ2v) is 5.04. The molecule has 90 valence electrons. The number of hydrogen-bond acceptors (Lipinski definition) is 3. The number of nitrogens with one attached hydrogen (secondary N) is 1. The molecule has 0 aromatic rings. The summed E-state index contributed by atoms with van der Waals surface area (Å²) in [6.07, 6.45) is 7.44. The summed E-state index contributed by atoms with van der Waals surface area (Å²) in [5.74, 6) is 0.271. The van der Waals surface area contributed by atoms with Crippen molar-refractivity contribution in [1.29, 1.82) is 0 Å². The van der Waals surface area contributed by atoms with Gasteiger partial charge in [0.15, 0.2) is 5.78 Å². The third kappa shape index (κ3) is 3.34. The smallest absolute Gasteiger partial charge is 0.157 e. The Morgan fingerprint density at radius 3 is 2.69 bits per heavy atom. The van der Waals surface area contributed by atoms with Gasteiger partial charge >= 0.3 is 0 Å². The van der Waals surface area contributed by atoms with Crippen LogP contribution in [0.25, 0.3) is 0 Å². The summed E-state index contributed by atoms with van der Waals surface area (Å²) >= 11 is 0. The molecule has 0 spiro atoms. The average Bonchev–Trinajstić information content (AvgIpc) is 2.65. The normalized spacial score (nSPS) is 24.3. The van der Waals surface area contributed by atoms with Crippen molar-refractivity contribution in [2.75, 3.05) is 19.6 Å². The monoisotopic (exact) mass is 222 g/mol. The molecule has 3 nitrogen and oxygen atoms in total. The Hall–Kier alpha value is -0.830. The van der Waals surface area contributed by atoms with Crippen LogP contribution >= 0.6 is 0 Å². The number of carbonyl (C=O) groups excluding carboxylic acids is 1. The van der Waals surface area contributed by atoms with E-state index in [4.69, 9.17) is 0 Å². The lowest BCUT2D eigenvalue weighted by atomic mass is 10.1. The van der Waals surface area contributed by atoms with Crippen molar-refractivity contribution < 1.29 is 4.79 Å². The Morgan fingerprint density at radius 2 is 2.06 bits per heavy atom. The van der Waals surface area contributed by atoms with Crippen LogP contribution in [0.2, 0.25) is 0 Å². The lowest BCUT2D eigenvalue weighted by Gasteiger charge is -2.29. The molecular formula is C13H22N2O. The maximum Gasteiger partial charge on any atom is 0.157 e. The van der Waals surface area contributed by atoms with Crippen molar-refractivity contribution in [3.8, 4) is 0 Å². The van der Waals surface area contributed by atoms with E-state index >= 15 is 0 Å². The van der Waals surface area contributed by atoms with Crippen molar-refractivity contribution >= 4 is 5.78 Å². The van der Waals surface area contributed by atoms with Crippen molar-refractivity contribution in [3.05, 3.63) is 11.8 Å². The third-order valence-corrected chi connectivity index (χ3v) is 3.39. The van der Waals surface area contributed by atoms with Crippen molar-refractivity contribution in [2.45, 2.75) is 45.1 Å². The van der Waals surface area contributed by atoms with Crippen LogP contribution in [-0.4, -0.2) is 36.4 Å². The zero-order valence-corrected chi connectivity index (χ0v) is 10.2. The molecule has 1 heterocycles. The highest BCUT2D eigenvalue weighted by Gasteiger charge is 2.16. The molecule has 1 aliphatic heterocycles. The fourth-order valence-corrected chi connectivity index (χ4v) is 2.60. The van der Waals surface area contributed by atoms with Gasteiger partial charge in [-0.25, -0.2) is 0 Å². The fraction of sp³-hybridized carbons (Fsp3) is 0.769. The maximum absolute atomic E-state index is 11.1. The van der Waals surface area contributed by atoms with Crippen molar-refractivity contribution in [1.82, 2.24) is 10.2 Å². The molecule has 2 rings (SSSR count). The summed E-state index contributed by atoms with van der Waals surface area (Å²) in [6.45, 7) is 5.79. The molecule has 0 bridgehead atoms. The van der Waals surface area contributed by atoms with Gasteiger partial charge in [0.2, 0.25) is 0 Å². The number of piperidine rings is 1. The van der Waals surface area contributed by atoms with E-state index in [-0.39, 0.29) is 5.78 Å². The van der Waals surface area contributed by atoms with Crippen LogP contribution in [0.5, 0.6) is 0 Å². The van der Waals surface area contributed by atoms with E-state index in [1.165, 1.54) is 32.4 Å². The molecule has 0 amide bonds. The molecule has 1 atom stereocenters. The molecule has 0 radical (unpaired) electrons. The van der Waals surface area contributed by atoms with E-state index in [2.05, 4.69) is 17.1 Å². The fourth-order valence-electron chi connectivity index (χ4n) is 2.60. The zero-order valence-electron chi connectivity index (χ0n) is 10.2. The minimum Gasteiger partial charge on any atom is -0.384 e. The van der Waals surface area contributed by atoms with Crippen LogP contribution in [0.3, 0.4) is 0 Å². The first-order valence-corrected chi connectivity index (χ1v) is 6.46. The zero-order chi connectivity index (χ0) is 11.4. The van der Waals surface area contributed by atoms with Crippen LogP contribution in [0, 0.1) is 0 Å². The topological polar surface area (TPSA) is 32.3 Å². The minimum absolute atomic E-state index is 0.271. The summed E-state index contributed by atoms with van der Waals surface area (Å²) in [5, 5.41) is 3.46. The van der Waals surface area contributed by atoms with E-state index < -0.39 is 0 Å². The van der Waals surface area contributed by atoms with Crippen molar-refractivity contribution in [2.24, 2.45) is 0 Å². The molecule has 16 heavy (non-hydrogen) atoms. The van der Waals surface area contributed by atoms with Gasteiger partial charge in [0.05, 0.1) is 0 Å². The largest absolute Gasteiger partial charge is 0.384 e. The molecule has 0 saturated carbocycles. The van der Waals surface area contributed by atoms with Gasteiger partial charge in [0.25, 0.3) is 0 Å². The Labute approximate surface area is 97.9 Å². The minimum atomic E-state index is 0.271. The van der Waals surface area contributed by atoms with E-state index in [1.807, 2.05) is 0 Å². The first-order chi connectivity index (χ1) is 7.74. The van der Waals surface area contributed by atoms with Gasteiger partial charge in [-0.05, 0) is 39.3 Å². The van der Waals surface area contributed by atoms with Gasteiger partial charge < -0.3 is 10.2 Å². The standard InChI is InChI=1S/C13H22N2O/c1-11(10-15-7-3-2-4-8-15)14-12-5-6-13(16)9-12/h9,11,14H,2-8,10H2,1H3. The quantitative estimate of drug-likeness (QED) is 0.785. The van der Waals surface area contributed by atoms with Crippen LogP contribution in [0.4, 0.5) is 0 Å². The van der Waals surface area contributed by atoms with Crippen LogP contribution in [0.1, 0.15) is 39.0 Å². The Kier molecular flexibility index (Phi) is 3.99. The van der Waals surface area contributed by atoms with Gasteiger partial charge in [-0.1, -0.05) is 6.42 Å². The number of carbonyl (C=O) groups is 1. The summed E-state index contributed by atoms with van der Waals surface area (Å²) in [5.41, 5.74) is 1.13. The van der Waals surface area contributed by atoms with E-state index in [0.717, 1.165) is 18.7 Å². The summed E-state index contributed by atoms with van der Waals surface area (Å²) in [4.78, 5) is 13.6. The SMILES string of the molecule is CC(CN1CCCCC1)NC1=CC(=O)CC1. The summed E-state index contributed by atoms with van der Waals surface area (Å²) < 4.78 is 0. The summed E-state index contributed by atoms with van der Waals surface area (Å²) in [7, 11) is 0. The van der Waals surface area contributed by atoms with E-state index in [1.54, 1.807) is 6.08 Å². The number of rotatable bonds is 4. The number of ketones is 1. The Bertz CT molecular complexity index is 280. The molecule has 1 saturated heterocycles. The number of likely N-dealkylation sites (tertiary alicyclic amines) is 1. The van der Waals surface area contributed by atoms with E-state index in [9.17, 15) is 4.79 Å². The van der Waals surface area contributed by atoms with Gasteiger partial charge in [-0.2, -0.15) is 0 Å². The number of allylic oxidation sites excluding steroid dienone is 2. The van der Waals surface area contributed by atoms with Crippen LogP contribution in [0.15, 0.2) is 11.8 Å². The predicted octanol–water partition coefficient (Wildman–Crippen LogP) is 1.70. The molecular weight excluding hydrogens is 200 g/mol. The molecule has 2 aliphatic rings. The molecule has 1 unspecified atom stereocenters. The lowest BCUT2D eigenvalue weighted by Crippen LogP contribution is -2.41. The second-order valence-electron chi connectivity index (χ2n) is 5.04. The van der Waals surface area contributed by atoms with E-state index in [0.29, 0.717) is 12.5 Å². The molecule has 1 fully saturated rings. The molecule has 0 aromatic heterocycles. The molecule has 1 N–H and O–H groups in total. The third-order valence-electron chi connectivity index (χ3n) is 3.39. The molecule has 3 heteroatoms. The highest BCUT2D eigenvalue weighted by molar-refractivity contribution is 5.92. The molecule has 0 aromatic carbocycles. The number of nitrogens with zero attached hydrogens (tertiary/aromatic N) is 1. The van der Waals surface area contributed by atoms with Gasteiger partial charge in [0, 0.05) is 30.8 Å². The van der Waals surface area contributed by atoms with Crippen LogP contribution in [-0.2, 0) is 4.79 Å². The van der Waals surface area contributed by atoms with Gasteiger partial charge in [0.1, 0.15) is 0 Å². The van der Waals surface area contributed by atoms with Crippen molar-refractivity contribution in [3.63, 3.8) is 0 Å². The van der Waals surface area contributed by atoms with Crippen LogP contribution < -0.4 is 5.32 Å². The predicted molar refractivity (Wildman–Crippen MR) is 65.2 cm³/mol. The second kappa shape index (κ2) is 5.48. The number of hydrogen-bond donors (Lipinski definition) is 1. The first-order valence-electron chi connectivity index (χ1n) is 6.46. The highest BCUT2D eigenvalue weighted by Crippen LogP contribution is 2.13. The lowest BCUT2D eigenvalue weighted by molar-refractivity contribution is -0.114. The van der Waals surface area contributed by atoms with Gasteiger partial charge in [-0.15, -0.1) is 0 Å². The Morgan fingerprint density at radius 1 is 1.31 bits per heavy atom. The Balaban J connectivity index is 1.73. The first kappa shape index (κ1) is 11.6. The molecule has 1 aliphatic carbocycles. The van der Waals surface area contributed by atoms with Gasteiger partial charge in [-0.3, -0.25) is 4.79 Å².